The molecule has 1 fully saturated rings. The Bertz CT molecular complexity index is 775. The summed E-state index contributed by atoms with van der Waals surface area (Å²) in [5, 5.41) is 18.5. The van der Waals surface area contributed by atoms with Crippen LogP contribution in [-0.2, 0) is 18.3 Å². The van der Waals surface area contributed by atoms with Crippen LogP contribution in [0.25, 0.3) is 0 Å². The van der Waals surface area contributed by atoms with Gasteiger partial charge in [0.25, 0.3) is 0 Å². The van der Waals surface area contributed by atoms with E-state index < -0.39 is 4.92 Å². The van der Waals surface area contributed by atoms with E-state index in [-0.39, 0.29) is 11.8 Å². The predicted octanol–water partition coefficient (Wildman–Crippen LogP) is 1.87. The number of nitro groups is 1. The molecule has 0 unspecified atom stereocenters. The Morgan fingerprint density at radius 2 is 2.32 bits per heavy atom. The summed E-state index contributed by atoms with van der Waals surface area (Å²) >= 11 is 0. The maximum atomic E-state index is 11.2. The Morgan fingerprint density at radius 1 is 1.52 bits per heavy atom. The van der Waals surface area contributed by atoms with Crippen molar-refractivity contribution in [1.29, 1.82) is 0 Å². The molecule has 1 aliphatic rings. The van der Waals surface area contributed by atoms with E-state index in [1.165, 1.54) is 4.68 Å². The van der Waals surface area contributed by atoms with Gasteiger partial charge in [-0.25, -0.2) is 9.67 Å². The van der Waals surface area contributed by atoms with Gasteiger partial charge in [-0.05, 0) is 31.5 Å². The maximum absolute atomic E-state index is 11.2. The number of aromatic nitrogens is 3. The zero-order valence-electron chi connectivity index (χ0n) is 14.6. The lowest BCUT2D eigenvalue weighted by atomic mass is 10.2. The normalized spacial score (nSPS) is 17.6. The number of ether oxygens (including phenoxy) is 1. The number of anilines is 2. The van der Waals surface area contributed by atoms with E-state index in [1.54, 1.807) is 20.2 Å². The predicted molar refractivity (Wildman–Crippen MR) is 93.8 cm³/mol. The molecule has 3 rings (SSSR count). The lowest BCUT2D eigenvalue weighted by molar-refractivity contribution is -0.384. The molecule has 0 spiro atoms. The SMILES string of the molecule is Cc1nn(C)c(NCc2ccnc(N3CCO[C@@H](C)C3)c2)c1[N+](=O)[O-]. The molecule has 0 bridgehead atoms. The third-order valence-electron chi connectivity index (χ3n) is 4.21. The molecule has 25 heavy (non-hydrogen) atoms. The molecule has 0 aromatic carbocycles. The molecule has 9 nitrogen and oxygen atoms in total. The van der Waals surface area contributed by atoms with Crippen LogP contribution in [0.1, 0.15) is 18.2 Å². The van der Waals surface area contributed by atoms with Crippen molar-refractivity contribution in [2.24, 2.45) is 7.05 Å². The number of hydrogen-bond acceptors (Lipinski definition) is 7. The molecular formula is C16H22N6O3. The van der Waals surface area contributed by atoms with Crippen LogP contribution in [-0.4, -0.2) is 45.5 Å². The van der Waals surface area contributed by atoms with E-state index in [0.717, 1.165) is 24.5 Å². The van der Waals surface area contributed by atoms with Gasteiger partial charge in [0.05, 0.1) is 17.6 Å². The summed E-state index contributed by atoms with van der Waals surface area (Å²) in [6.45, 7) is 6.42. The Balaban J connectivity index is 1.74. The first kappa shape index (κ1) is 17.2. The molecule has 0 aliphatic carbocycles. The third-order valence-corrected chi connectivity index (χ3v) is 4.21. The number of morpholine rings is 1. The number of rotatable bonds is 5. The van der Waals surface area contributed by atoms with Gasteiger partial charge in [-0.1, -0.05) is 0 Å². The molecule has 1 atom stereocenters. The van der Waals surface area contributed by atoms with Gasteiger partial charge in [-0.2, -0.15) is 5.10 Å². The first-order valence-electron chi connectivity index (χ1n) is 8.19. The van der Waals surface area contributed by atoms with Crippen LogP contribution in [0.3, 0.4) is 0 Å². The Kier molecular flexibility index (Phi) is 4.84. The fraction of sp³-hybridized carbons (Fsp3) is 0.500. The minimum atomic E-state index is -0.405. The van der Waals surface area contributed by atoms with Crippen molar-refractivity contribution < 1.29 is 9.66 Å². The van der Waals surface area contributed by atoms with Gasteiger partial charge in [0.1, 0.15) is 11.5 Å². The average molecular weight is 346 g/mol. The van der Waals surface area contributed by atoms with Gasteiger partial charge in [-0.15, -0.1) is 0 Å². The summed E-state index contributed by atoms with van der Waals surface area (Å²) < 4.78 is 7.06. The Hall–Kier alpha value is -2.68. The molecule has 1 aliphatic heterocycles. The quantitative estimate of drug-likeness (QED) is 0.652. The van der Waals surface area contributed by atoms with Gasteiger partial charge in [0.2, 0.25) is 5.82 Å². The second-order valence-corrected chi connectivity index (χ2v) is 6.17. The zero-order chi connectivity index (χ0) is 18.0. The number of nitrogens with zero attached hydrogens (tertiary/aromatic N) is 5. The summed E-state index contributed by atoms with van der Waals surface area (Å²) in [5.41, 5.74) is 1.41. The lowest BCUT2D eigenvalue weighted by Crippen LogP contribution is -2.41. The summed E-state index contributed by atoms with van der Waals surface area (Å²) in [6.07, 6.45) is 1.94. The third kappa shape index (κ3) is 3.71. The minimum Gasteiger partial charge on any atom is -0.375 e. The Labute approximate surface area is 145 Å². The molecule has 3 heterocycles. The highest BCUT2D eigenvalue weighted by Gasteiger charge is 2.24. The Morgan fingerprint density at radius 3 is 3.04 bits per heavy atom. The number of aryl methyl sites for hydroxylation is 2. The van der Waals surface area contributed by atoms with Crippen molar-refractivity contribution in [2.45, 2.75) is 26.5 Å². The summed E-state index contributed by atoms with van der Waals surface area (Å²) in [6, 6.07) is 3.90. The molecule has 9 heteroatoms. The molecule has 0 saturated carbocycles. The monoisotopic (exact) mass is 346 g/mol. The summed E-state index contributed by atoms with van der Waals surface area (Å²) in [7, 11) is 1.69. The van der Waals surface area contributed by atoms with Crippen molar-refractivity contribution >= 4 is 17.3 Å². The van der Waals surface area contributed by atoms with Crippen LogP contribution in [0.2, 0.25) is 0 Å². The second kappa shape index (κ2) is 7.06. The van der Waals surface area contributed by atoms with Gasteiger partial charge in [0, 0.05) is 32.9 Å². The smallest absolute Gasteiger partial charge is 0.333 e. The molecule has 1 saturated heterocycles. The van der Waals surface area contributed by atoms with Gasteiger partial charge >= 0.3 is 5.69 Å². The van der Waals surface area contributed by atoms with Crippen LogP contribution in [0, 0.1) is 17.0 Å². The topological polar surface area (TPSA) is 98.4 Å². The number of hydrogen-bond donors (Lipinski definition) is 1. The van der Waals surface area contributed by atoms with Gasteiger partial charge in [-0.3, -0.25) is 10.1 Å². The largest absolute Gasteiger partial charge is 0.375 e. The first-order chi connectivity index (χ1) is 12.0. The van der Waals surface area contributed by atoms with Gasteiger partial charge < -0.3 is 15.0 Å². The van der Waals surface area contributed by atoms with E-state index >= 15 is 0 Å². The van der Waals surface area contributed by atoms with Crippen LogP contribution < -0.4 is 10.2 Å². The molecule has 2 aromatic heterocycles. The van der Waals surface area contributed by atoms with Crippen molar-refractivity contribution in [2.75, 3.05) is 29.9 Å². The highest BCUT2D eigenvalue weighted by atomic mass is 16.6. The zero-order valence-corrected chi connectivity index (χ0v) is 14.6. The molecule has 134 valence electrons. The van der Waals surface area contributed by atoms with Crippen molar-refractivity contribution in [3.8, 4) is 0 Å². The highest BCUT2D eigenvalue weighted by Crippen LogP contribution is 2.28. The first-order valence-corrected chi connectivity index (χ1v) is 8.19. The fourth-order valence-corrected chi connectivity index (χ4v) is 3.02. The van der Waals surface area contributed by atoms with Crippen molar-refractivity contribution in [1.82, 2.24) is 14.8 Å². The standard InChI is InChI=1S/C16H22N6O3/c1-11-10-21(6-7-25-11)14-8-13(4-5-17-14)9-18-16-15(22(23)24)12(2)19-20(16)3/h4-5,8,11,18H,6-7,9-10H2,1-3H3/t11-/m0/s1. The van der Waals surface area contributed by atoms with Crippen molar-refractivity contribution in [3.05, 3.63) is 39.7 Å². The average Bonchev–Trinajstić information content (AvgIpc) is 2.87. The van der Waals surface area contributed by atoms with Crippen LogP contribution in [0.15, 0.2) is 18.3 Å². The number of nitrogens with one attached hydrogen (secondary N) is 1. The van der Waals surface area contributed by atoms with Gasteiger partial charge in [0.15, 0.2) is 0 Å². The van der Waals surface area contributed by atoms with Crippen molar-refractivity contribution in [3.63, 3.8) is 0 Å². The summed E-state index contributed by atoms with van der Waals surface area (Å²) in [5.74, 6) is 1.30. The minimum absolute atomic E-state index is 0.0128. The summed E-state index contributed by atoms with van der Waals surface area (Å²) in [4.78, 5) is 17.5. The molecule has 2 aromatic rings. The number of pyridine rings is 1. The lowest BCUT2D eigenvalue weighted by Gasteiger charge is -2.32. The van der Waals surface area contributed by atoms with Crippen LogP contribution >= 0.6 is 0 Å². The second-order valence-electron chi connectivity index (χ2n) is 6.17. The molecular weight excluding hydrogens is 324 g/mol. The molecule has 1 N–H and O–H groups in total. The van der Waals surface area contributed by atoms with E-state index in [4.69, 9.17) is 4.74 Å². The van der Waals surface area contributed by atoms with E-state index in [1.807, 2.05) is 19.1 Å². The van der Waals surface area contributed by atoms with Crippen LogP contribution in [0.5, 0.6) is 0 Å². The van der Waals surface area contributed by atoms with E-state index in [0.29, 0.717) is 24.7 Å². The fourth-order valence-electron chi connectivity index (χ4n) is 3.02. The highest BCUT2D eigenvalue weighted by molar-refractivity contribution is 5.59. The molecule has 0 amide bonds. The van der Waals surface area contributed by atoms with Crippen LogP contribution in [0.4, 0.5) is 17.3 Å². The van der Waals surface area contributed by atoms with E-state index in [9.17, 15) is 10.1 Å². The molecule has 0 radical (unpaired) electrons. The maximum Gasteiger partial charge on any atom is 0.333 e. The van der Waals surface area contributed by atoms with E-state index in [2.05, 4.69) is 20.3 Å².